The fraction of sp³-hybridized carbons (Fsp3) is 0.929. The molecule has 1 saturated carbocycles. The van der Waals surface area contributed by atoms with Crippen LogP contribution in [-0.2, 0) is 4.79 Å². The molecule has 0 bridgehead atoms. The van der Waals surface area contributed by atoms with Crippen molar-refractivity contribution in [3.05, 3.63) is 0 Å². The van der Waals surface area contributed by atoms with Crippen molar-refractivity contribution in [2.75, 3.05) is 20.6 Å². The van der Waals surface area contributed by atoms with Crippen molar-refractivity contribution in [1.82, 2.24) is 10.2 Å². The molecule has 1 rings (SSSR count). The largest absolute Gasteiger partial charge is 0.354 e. The minimum Gasteiger partial charge on any atom is -0.354 e. The number of hydrogen-bond acceptors (Lipinski definition) is 3. The number of hydrogen-bond donors (Lipinski definition) is 2. The van der Waals surface area contributed by atoms with Crippen molar-refractivity contribution in [3.8, 4) is 0 Å². The Morgan fingerprint density at radius 2 is 1.89 bits per heavy atom. The number of nitrogens with one attached hydrogen (secondary N) is 1. The molecule has 2 atom stereocenters. The molecule has 106 valence electrons. The average molecular weight is 255 g/mol. The van der Waals surface area contributed by atoms with Crippen molar-refractivity contribution >= 4 is 5.91 Å². The van der Waals surface area contributed by atoms with Crippen molar-refractivity contribution in [3.63, 3.8) is 0 Å². The molecule has 0 spiro atoms. The van der Waals surface area contributed by atoms with Gasteiger partial charge in [-0.3, -0.25) is 4.79 Å². The molecule has 0 heterocycles. The third-order valence-corrected chi connectivity index (χ3v) is 4.31. The lowest BCUT2D eigenvalue weighted by molar-refractivity contribution is -0.126. The second-order valence-electron chi connectivity index (χ2n) is 6.33. The highest BCUT2D eigenvalue weighted by Gasteiger charge is 2.28. The summed E-state index contributed by atoms with van der Waals surface area (Å²) in [4.78, 5) is 14.3. The minimum absolute atomic E-state index is 0.00506. The highest BCUT2D eigenvalue weighted by Crippen LogP contribution is 2.22. The van der Waals surface area contributed by atoms with E-state index in [0.29, 0.717) is 6.54 Å². The quantitative estimate of drug-likeness (QED) is 0.746. The van der Waals surface area contributed by atoms with Crippen LogP contribution in [0.5, 0.6) is 0 Å². The van der Waals surface area contributed by atoms with E-state index < -0.39 is 0 Å². The maximum atomic E-state index is 12.2. The zero-order chi connectivity index (χ0) is 13.8. The minimum atomic E-state index is -0.0233. The summed E-state index contributed by atoms with van der Waals surface area (Å²) in [6, 6.07) is 0.0370. The first-order chi connectivity index (χ1) is 8.34. The van der Waals surface area contributed by atoms with Gasteiger partial charge in [-0.2, -0.15) is 0 Å². The number of rotatable bonds is 4. The van der Waals surface area contributed by atoms with E-state index in [2.05, 4.69) is 24.1 Å². The van der Waals surface area contributed by atoms with Crippen molar-refractivity contribution in [2.24, 2.45) is 11.7 Å². The van der Waals surface area contributed by atoms with E-state index in [9.17, 15) is 4.79 Å². The van der Waals surface area contributed by atoms with Crippen LogP contribution in [0.4, 0.5) is 0 Å². The number of amides is 1. The highest BCUT2D eigenvalue weighted by atomic mass is 16.1. The normalized spacial score (nSPS) is 25.9. The lowest BCUT2D eigenvalue weighted by Gasteiger charge is -2.33. The fourth-order valence-corrected chi connectivity index (χ4v) is 2.25. The van der Waals surface area contributed by atoms with Gasteiger partial charge in [-0.25, -0.2) is 0 Å². The van der Waals surface area contributed by atoms with Gasteiger partial charge in [0.2, 0.25) is 5.91 Å². The van der Waals surface area contributed by atoms with Crippen LogP contribution in [0.2, 0.25) is 0 Å². The van der Waals surface area contributed by atoms with Gasteiger partial charge in [-0.15, -0.1) is 0 Å². The van der Waals surface area contributed by atoms with E-state index in [0.717, 1.165) is 25.7 Å². The molecule has 2 unspecified atom stereocenters. The summed E-state index contributed by atoms with van der Waals surface area (Å²) in [5, 5.41) is 3.07. The van der Waals surface area contributed by atoms with E-state index in [1.54, 1.807) is 0 Å². The number of carbonyl (C=O) groups excluding carboxylic acids is 1. The maximum Gasteiger partial charge on any atom is 0.224 e. The molecule has 18 heavy (non-hydrogen) atoms. The summed E-state index contributed by atoms with van der Waals surface area (Å²) in [6.45, 7) is 4.92. The highest BCUT2D eigenvalue weighted by molar-refractivity contribution is 5.79. The summed E-state index contributed by atoms with van der Waals surface area (Å²) in [6.07, 6.45) is 5.42. The van der Waals surface area contributed by atoms with E-state index >= 15 is 0 Å². The molecule has 0 aromatic heterocycles. The Morgan fingerprint density at radius 1 is 1.28 bits per heavy atom. The van der Waals surface area contributed by atoms with Crippen LogP contribution in [0.1, 0.15) is 46.0 Å². The van der Waals surface area contributed by atoms with E-state index in [4.69, 9.17) is 5.73 Å². The molecule has 1 aliphatic rings. The second kappa shape index (κ2) is 6.53. The number of nitrogens with two attached hydrogens (primary N) is 1. The Kier molecular flexibility index (Phi) is 5.60. The number of nitrogens with zero attached hydrogens (tertiary/aromatic N) is 1. The molecular formula is C14H29N3O. The zero-order valence-electron chi connectivity index (χ0n) is 12.3. The first-order valence-corrected chi connectivity index (χ1v) is 7.05. The third kappa shape index (κ3) is 4.25. The Hall–Kier alpha value is -0.610. The lowest BCUT2D eigenvalue weighted by Crippen LogP contribution is -2.51. The predicted octanol–water partition coefficient (Wildman–Crippen LogP) is 1.35. The maximum absolute atomic E-state index is 12.2. The van der Waals surface area contributed by atoms with Gasteiger partial charge in [0.25, 0.3) is 0 Å². The lowest BCUT2D eigenvalue weighted by atomic mass is 9.94. The van der Waals surface area contributed by atoms with Crippen molar-refractivity contribution in [2.45, 2.75) is 57.5 Å². The molecule has 4 heteroatoms. The van der Waals surface area contributed by atoms with Crippen LogP contribution < -0.4 is 11.1 Å². The van der Waals surface area contributed by atoms with E-state index in [-0.39, 0.29) is 23.4 Å². The molecule has 0 aliphatic heterocycles. The van der Waals surface area contributed by atoms with Gasteiger partial charge in [-0.1, -0.05) is 19.3 Å². The van der Waals surface area contributed by atoms with E-state index in [1.165, 1.54) is 6.42 Å². The van der Waals surface area contributed by atoms with Gasteiger partial charge >= 0.3 is 0 Å². The number of likely N-dealkylation sites (N-methyl/N-ethyl adjacent to an activating group) is 1. The molecule has 3 N–H and O–H groups in total. The van der Waals surface area contributed by atoms with E-state index in [1.807, 2.05) is 14.1 Å². The molecule has 0 aromatic carbocycles. The molecule has 0 saturated heterocycles. The Bertz CT molecular complexity index is 276. The van der Waals surface area contributed by atoms with Crippen LogP contribution in [0, 0.1) is 5.92 Å². The molecule has 1 fully saturated rings. The van der Waals surface area contributed by atoms with Crippen LogP contribution >= 0.6 is 0 Å². The summed E-state index contributed by atoms with van der Waals surface area (Å²) in [5.41, 5.74) is 6.08. The molecule has 4 nitrogen and oxygen atoms in total. The Labute approximate surface area is 111 Å². The van der Waals surface area contributed by atoms with Gasteiger partial charge in [0.1, 0.15) is 0 Å². The summed E-state index contributed by atoms with van der Waals surface area (Å²) in [7, 11) is 4.06. The molecule has 0 aromatic rings. The van der Waals surface area contributed by atoms with Gasteiger partial charge < -0.3 is 16.0 Å². The first kappa shape index (κ1) is 15.4. The van der Waals surface area contributed by atoms with Crippen LogP contribution in [0.15, 0.2) is 0 Å². The van der Waals surface area contributed by atoms with Gasteiger partial charge in [-0.05, 0) is 40.8 Å². The van der Waals surface area contributed by atoms with Gasteiger partial charge in [0.15, 0.2) is 0 Å². The third-order valence-electron chi connectivity index (χ3n) is 4.31. The topological polar surface area (TPSA) is 58.4 Å². The van der Waals surface area contributed by atoms with Crippen molar-refractivity contribution in [1.29, 1.82) is 0 Å². The molecule has 1 amide bonds. The van der Waals surface area contributed by atoms with Gasteiger partial charge in [0.05, 0.1) is 5.92 Å². The Morgan fingerprint density at radius 3 is 2.50 bits per heavy atom. The molecular weight excluding hydrogens is 226 g/mol. The first-order valence-electron chi connectivity index (χ1n) is 7.05. The SMILES string of the molecule is CN(C)C(C)(C)CNC(=O)C1CCCCCC1N. The number of carbonyl (C=O) groups is 1. The standard InChI is InChI=1S/C14H29N3O/c1-14(2,17(3)4)10-16-13(18)11-8-6-5-7-9-12(11)15/h11-12H,5-10,15H2,1-4H3,(H,16,18). The zero-order valence-corrected chi connectivity index (χ0v) is 12.3. The summed E-state index contributed by atoms with van der Waals surface area (Å²) < 4.78 is 0. The molecule has 1 aliphatic carbocycles. The molecule has 0 radical (unpaired) electrons. The monoisotopic (exact) mass is 255 g/mol. The Balaban J connectivity index is 2.49. The van der Waals surface area contributed by atoms with Crippen LogP contribution in [0.25, 0.3) is 0 Å². The van der Waals surface area contributed by atoms with Gasteiger partial charge in [0, 0.05) is 18.1 Å². The average Bonchev–Trinajstić information content (AvgIpc) is 2.50. The van der Waals surface area contributed by atoms with Crippen LogP contribution in [0.3, 0.4) is 0 Å². The van der Waals surface area contributed by atoms with Crippen LogP contribution in [-0.4, -0.2) is 43.0 Å². The smallest absolute Gasteiger partial charge is 0.224 e. The second-order valence-corrected chi connectivity index (χ2v) is 6.33. The van der Waals surface area contributed by atoms with Crippen molar-refractivity contribution < 1.29 is 4.79 Å². The summed E-state index contributed by atoms with van der Waals surface area (Å²) in [5.74, 6) is 0.143. The fourth-order valence-electron chi connectivity index (χ4n) is 2.25. The predicted molar refractivity (Wildman–Crippen MR) is 75.3 cm³/mol. The summed E-state index contributed by atoms with van der Waals surface area (Å²) >= 11 is 0.